The Bertz CT molecular complexity index is 318. The van der Waals surface area contributed by atoms with E-state index in [4.69, 9.17) is 9.47 Å². The van der Waals surface area contributed by atoms with E-state index < -0.39 is 13.0 Å². The van der Waals surface area contributed by atoms with Crippen LogP contribution in [0.15, 0.2) is 18.2 Å². The molecule has 0 bridgehead atoms. The van der Waals surface area contributed by atoms with Crippen molar-refractivity contribution >= 4 is 15.9 Å². The summed E-state index contributed by atoms with van der Waals surface area (Å²) in [7, 11) is 1.51. The van der Waals surface area contributed by atoms with E-state index in [1.807, 2.05) is 0 Å². The Morgan fingerprint density at radius 1 is 1.40 bits per heavy atom. The molecule has 0 aliphatic rings. The van der Waals surface area contributed by atoms with Crippen LogP contribution in [0.1, 0.15) is 5.56 Å². The van der Waals surface area contributed by atoms with Gasteiger partial charge in [0.15, 0.2) is 0 Å². The Balaban J connectivity index is 2.81. The molecule has 0 spiro atoms. The topological polar surface area (TPSA) is 18.5 Å². The smallest absolute Gasteiger partial charge is 0.272 e. The molecule has 0 saturated carbocycles. The lowest BCUT2D eigenvalue weighted by molar-refractivity contribution is 0.0814. The lowest BCUT2D eigenvalue weighted by Gasteiger charge is -2.11. The van der Waals surface area contributed by atoms with Crippen LogP contribution in [-0.2, 0) is 5.33 Å². The molecule has 0 N–H and O–H groups in total. The standard InChI is InChI=1S/C10H11BrF2O2/c1-14-8-3-2-7(5-11)9(4-8)15-6-10(12)13/h2-4,10H,5-6H2,1H3. The second-order valence-corrected chi connectivity index (χ2v) is 3.37. The fraction of sp³-hybridized carbons (Fsp3) is 0.400. The number of hydrogen-bond acceptors (Lipinski definition) is 2. The number of ether oxygens (including phenoxy) is 2. The predicted octanol–water partition coefficient (Wildman–Crippen LogP) is 3.23. The van der Waals surface area contributed by atoms with Gasteiger partial charge >= 0.3 is 0 Å². The molecule has 0 aliphatic carbocycles. The minimum absolute atomic E-state index is 0.423. The molecule has 84 valence electrons. The molecule has 1 aromatic rings. The highest BCUT2D eigenvalue weighted by atomic mass is 79.9. The predicted molar refractivity (Wildman–Crippen MR) is 57.1 cm³/mol. The molecular weight excluding hydrogens is 270 g/mol. The number of rotatable bonds is 5. The van der Waals surface area contributed by atoms with Crippen LogP contribution >= 0.6 is 15.9 Å². The Morgan fingerprint density at radius 3 is 2.67 bits per heavy atom. The van der Waals surface area contributed by atoms with Crippen LogP contribution in [0.2, 0.25) is 0 Å². The maximum atomic E-state index is 12.0. The van der Waals surface area contributed by atoms with Crippen molar-refractivity contribution in [1.29, 1.82) is 0 Å². The minimum atomic E-state index is -2.47. The van der Waals surface area contributed by atoms with E-state index in [2.05, 4.69) is 15.9 Å². The van der Waals surface area contributed by atoms with E-state index in [1.54, 1.807) is 18.2 Å². The quantitative estimate of drug-likeness (QED) is 0.771. The van der Waals surface area contributed by atoms with Gasteiger partial charge in [-0.25, -0.2) is 8.78 Å². The number of methoxy groups -OCH3 is 1. The Kier molecular flexibility index (Phi) is 4.81. The van der Waals surface area contributed by atoms with Crippen LogP contribution in [0.25, 0.3) is 0 Å². The van der Waals surface area contributed by atoms with E-state index in [9.17, 15) is 8.78 Å². The summed E-state index contributed by atoms with van der Waals surface area (Å²) in [5, 5.41) is 0.551. The van der Waals surface area contributed by atoms with Crippen LogP contribution in [0.3, 0.4) is 0 Å². The van der Waals surface area contributed by atoms with Crippen LogP contribution in [0.5, 0.6) is 11.5 Å². The highest BCUT2D eigenvalue weighted by Crippen LogP contribution is 2.26. The molecule has 0 fully saturated rings. The second-order valence-electron chi connectivity index (χ2n) is 2.81. The Morgan fingerprint density at radius 2 is 2.13 bits per heavy atom. The Labute approximate surface area is 95.3 Å². The molecular formula is C10H11BrF2O2. The van der Waals surface area contributed by atoms with Crippen molar-refractivity contribution in [2.75, 3.05) is 13.7 Å². The van der Waals surface area contributed by atoms with Gasteiger partial charge < -0.3 is 9.47 Å². The fourth-order valence-corrected chi connectivity index (χ4v) is 1.52. The summed E-state index contributed by atoms with van der Waals surface area (Å²) >= 11 is 3.25. The largest absolute Gasteiger partial charge is 0.497 e. The third kappa shape index (κ3) is 3.66. The van der Waals surface area contributed by atoms with Crippen molar-refractivity contribution in [3.63, 3.8) is 0 Å². The third-order valence-corrected chi connectivity index (χ3v) is 2.39. The maximum absolute atomic E-state index is 12.0. The molecule has 2 nitrogen and oxygen atoms in total. The molecule has 5 heteroatoms. The van der Waals surface area contributed by atoms with Crippen LogP contribution in [0, 0.1) is 0 Å². The summed E-state index contributed by atoms with van der Waals surface area (Å²) in [5.74, 6) is 1.01. The van der Waals surface area contributed by atoms with Gasteiger partial charge in [-0.1, -0.05) is 22.0 Å². The lowest BCUT2D eigenvalue weighted by Crippen LogP contribution is -2.08. The van der Waals surface area contributed by atoms with Crippen molar-refractivity contribution in [1.82, 2.24) is 0 Å². The highest BCUT2D eigenvalue weighted by molar-refractivity contribution is 9.08. The normalized spacial score (nSPS) is 10.5. The Hall–Kier alpha value is -0.840. The maximum Gasteiger partial charge on any atom is 0.272 e. The van der Waals surface area contributed by atoms with Gasteiger partial charge in [0.25, 0.3) is 6.43 Å². The first-order valence-corrected chi connectivity index (χ1v) is 5.43. The van der Waals surface area contributed by atoms with E-state index in [0.29, 0.717) is 16.8 Å². The first kappa shape index (κ1) is 12.2. The van der Waals surface area contributed by atoms with E-state index in [-0.39, 0.29) is 0 Å². The zero-order valence-electron chi connectivity index (χ0n) is 8.17. The van der Waals surface area contributed by atoms with E-state index >= 15 is 0 Å². The van der Waals surface area contributed by atoms with Gasteiger partial charge in [0.05, 0.1) is 7.11 Å². The highest BCUT2D eigenvalue weighted by Gasteiger charge is 2.08. The summed E-state index contributed by atoms with van der Waals surface area (Å²) in [4.78, 5) is 0. The van der Waals surface area contributed by atoms with E-state index in [1.165, 1.54) is 7.11 Å². The fourth-order valence-electron chi connectivity index (χ4n) is 1.06. The van der Waals surface area contributed by atoms with Crippen LogP contribution in [0.4, 0.5) is 8.78 Å². The number of halogens is 3. The van der Waals surface area contributed by atoms with E-state index in [0.717, 1.165) is 5.56 Å². The van der Waals surface area contributed by atoms with Crippen molar-refractivity contribution in [2.24, 2.45) is 0 Å². The number of benzene rings is 1. The molecule has 1 rings (SSSR count). The molecule has 0 saturated heterocycles. The molecule has 1 aromatic carbocycles. The van der Waals surface area contributed by atoms with Crippen molar-refractivity contribution in [3.05, 3.63) is 23.8 Å². The summed E-state index contributed by atoms with van der Waals surface area (Å²) in [5.41, 5.74) is 0.816. The molecule has 0 amide bonds. The van der Waals surface area contributed by atoms with Crippen molar-refractivity contribution in [3.8, 4) is 11.5 Å². The summed E-state index contributed by atoms with van der Waals surface area (Å²) in [6, 6.07) is 5.12. The molecule has 0 aliphatic heterocycles. The van der Waals surface area contributed by atoms with Gasteiger partial charge in [-0.15, -0.1) is 0 Å². The van der Waals surface area contributed by atoms with Crippen LogP contribution in [-0.4, -0.2) is 20.1 Å². The average molecular weight is 281 g/mol. The molecule has 15 heavy (non-hydrogen) atoms. The van der Waals surface area contributed by atoms with Gasteiger partial charge in [0.1, 0.15) is 18.1 Å². The number of alkyl halides is 3. The molecule has 0 radical (unpaired) electrons. The molecule has 0 atom stereocenters. The summed E-state index contributed by atoms with van der Waals surface area (Å²) in [6.07, 6.45) is -2.47. The van der Waals surface area contributed by atoms with Crippen LogP contribution < -0.4 is 9.47 Å². The summed E-state index contributed by atoms with van der Waals surface area (Å²) in [6.45, 7) is -0.604. The first-order valence-electron chi connectivity index (χ1n) is 4.31. The first-order chi connectivity index (χ1) is 7.17. The van der Waals surface area contributed by atoms with Gasteiger partial charge in [-0.3, -0.25) is 0 Å². The second kappa shape index (κ2) is 5.90. The minimum Gasteiger partial charge on any atom is -0.497 e. The van der Waals surface area contributed by atoms with Crippen molar-refractivity contribution < 1.29 is 18.3 Å². The van der Waals surface area contributed by atoms with Gasteiger partial charge in [-0.05, 0) is 6.07 Å². The van der Waals surface area contributed by atoms with Gasteiger partial charge in [0.2, 0.25) is 0 Å². The molecule has 0 unspecified atom stereocenters. The average Bonchev–Trinajstić information content (AvgIpc) is 2.25. The van der Waals surface area contributed by atoms with Gasteiger partial charge in [0, 0.05) is 17.0 Å². The molecule has 0 aromatic heterocycles. The lowest BCUT2D eigenvalue weighted by atomic mass is 10.2. The zero-order valence-corrected chi connectivity index (χ0v) is 9.76. The number of hydrogen-bond donors (Lipinski definition) is 0. The SMILES string of the molecule is COc1ccc(CBr)c(OCC(F)F)c1. The third-order valence-electron chi connectivity index (χ3n) is 1.78. The molecule has 0 heterocycles. The van der Waals surface area contributed by atoms with Crippen molar-refractivity contribution in [2.45, 2.75) is 11.8 Å². The zero-order chi connectivity index (χ0) is 11.3. The van der Waals surface area contributed by atoms with Gasteiger partial charge in [-0.2, -0.15) is 0 Å². The summed E-state index contributed by atoms with van der Waals surface area (Å²) < 4.78 is 33.9. The monoisotopic (exact) mass is 280 g/mol.